The molecule has 1 N–H and O–H groups in total. The van der Waals surface area contributed by atoms with E-state index in [1.54, 1.807) is 7.11 Å². The number of aromatic nitrogens is 2. The van der Waals surface area contributed by atoms with Gasteiger partial charge >= 0.3 is 0 Å². The van der Waals surface area contributed by atoms with Crippen molar-refractivity contribution in [2.45, 2.75) is 19.1 Å². The molecular formula is C14H17N3O3. The molecule has 0 fully saturated rings. The molecule has 1 unspecified atom stereocenters. The molecule has 0 bridgehead atoms. The molecule has 1 aromatic carbocycles. The Morgan fingerprint density at radius 2 is 2.30 bits per heavy atom. The number of hydrogen-bond donors (Lipinski definition) is 1. The maximum Gasteiger partial charge on any atom is 0.240 e. The Morgan fingerprint density at radius 1 is 1.40 bits per heavy atom. The van der Waals surface area contributed by atoms with Gasteiger partial charge in [-0.3, -0.25) is 0 Å². The van der Waals surface area contributed by atoms with Crippen molar-refractivity contribution in [1.29, 1.82) is 0 Å². The maximum absolute atomic E-state index is 5.82. The van der Waals surface area contributed by atoms with E-state index in [9.17, 15) is 0 Å². The minimum atomic E-state index is -0.149. The van der Waals surface area contributed by atoms with Crippen molar-refractivity contribution in [3.8, 4) is 5.75 Å². The quantitative estimate of drug-likeness (QED) is 0.805. The van der Waals surface area contributed by atoms with Gasteiger partial charge in [0.05, 0.1) is 13.2 Å². The van der Waals surface area contributed by atoms with Crippen LogP contribution >= 0.6 is 0 Å². The summed E-state index contributed by atoms with van der Waals surface area (Å²) in [6.45, 7) is 1.94. The Bertz CT molecular complexity index is 545. The topological polar surface area (TPSA) is 69.4 Å². The predicted octanol–water partition coefficient (Wildman–Crippen LogP) is 1.48. The van der Waals surface area contributed by atoms with Crippen molar-refractivity contribution < 1.29 is 14.0 Å². The van der Waals surface area contributed by atoms with Gasteiger partial charge in [-0.2, -0.15) is 4.98 Å². The summed E-state index contributed by atoms with van der Waals surface area (Å²) >= 11 is 0. The zero-order valence-electron chi connectivity index (χ0n) is 11.3. The summed E-state index contributed by atoms with van der Waals surface area (Å²) in [4.78, 5) is 4.37. The van der Waals surface area contributed by atoms with E-state index >= 15 is 0 Å². The highest BCUT2D eigenvalue weighted by Crippen LogP contribution is 2.35. The average Bonchev–Trinajstić information content (AvgIpc) is 3.09. The van der Waals surface area contributed by atoms with Crippen LogP contribution in [0, 0.1) is 0 Å². The van der Waals surface area contributed by atoms with Crippen LogP contribution in [0.1, 0.15) is 23.4 Å². The number of fused-ring (bicyclic) bond motifs is 1. The molecule has 0 radical (unpaired) electrons. The maximum atomic E-state index is 5.82. The molecule has 1 atom stereocenters. The Labute approximate surface area is 117 Å². The Kier molecular flexibility index (Phi) is 3.94. The van der Waals surface area contributed by atoms with Crippen molar-refractivity contribution in [1.82, 2.24) is 15.5 Å². The number of nitrogens with one attached hydrogen (secondary N) is 1. The molecule has 3 rings (SSSR count). The van der Waals surface area contributed by atoms with Crippen LogP contribution in [-0.4, -0.2) is 30.4 Å². The summed E-state index contributed by atoms with van der Waals surface area (Å²) < 4.78 is 16.0. The zero-order valence-corrected chi connectivity index (χ0v) is 11.3. The van der Waals surface area contributed by atoms with Crippen LogP contribution in [0.15, 0.2) is 28.8 Å². The van der Waals surface area contributed by atoms with Gasteiger partial charge in [0.1, 0.15) is 5.75 Å². The Balaban J connectivity index is 1.58. The summed E-state index contributed by atoms with van der Waals surface area (Å²) in [7, 11) is 1.67. The highest BCUT2D eigenvalue weighted by atomic mass is 16.5. The molecule has 6 nitrogen and oxygen atoms in total. The summed E-state index contributed by atoms with van der Waals surface area (Å²) in [5.74, 6) is 2.07. The van der Waals surface area contributed by atoms with Crippen LogP contribution in [0.25, 0.3) is 0 Å². The molecule has 6 heteroatoms. The van der Waals surface area contributed by atoms with Gasteiger partial charge in [-0.1, -0.05) is 23.4 Å². The lowest BCUT2D eigenvalue weighted by Gasteiger charge is -2.04. The molecule has 20 heavy (non-hydrogen) atoms. The molecule has 0 saturated heterocycles. The van der Waals surface area contributed by atoms with Gasteiger partial charge in [0.15, 0.2) is 6.10 Å². The molecule has 1 aliphatic rings. The van der Waals surface area contributed by atoms with Gasteiger partial charge in [-0.25, -0.2) is 0 Å². The van der Waals surface area contributed by atoms with Gasteiger partial charge in [0.2, 0.25) is 11.7 Å². The average molecular weight is 275 g/mol. The number of hydrogen-bond acceptors (Lipinski definition) is 6. The molecule has 2 aromatic rings. The van der Waals surface area contributed by atoms with Crippen LogP contribution in [0.4, 0.5) is 0 Å². The van der Waals surface area contributed by atoms with Gasteiger partial charge in [0, 0.05) is 20.1 Å². The minimum absolute atomic E-state index is 0.149. The summed E-state index contributed by atoms with van der Waals surface area (Å²) in [5, 5.41) is 7.16. The van der Waals surface area contributed by atoms with Gasteiger partial charge in [-0.15, -0.1) is 0 Å². The first-order valence-corrected chi connectivity index (χ1v) is 6.63. The standard InChI is InChI=1S/C14H17N3O3/c1-18-7-6-15-9-13-16-14(17-20-13)12-8-10-4-2-3-5-11(10)19-12/h2-5,12,15H,6-9H2,1H3. The van der Waals surface area contributed by atoms with E-state index in [2.05, 4.69) is 21.5 Å². The van der Waals surface area contributed by atoms with E-state index in [1.807, 2.05) is 18.2 Å². The molecule has 1 aromatic heterocycles. The SMILES string of the molecule is COCCNCc1nc(C2Cc3ccccc3O2)no1. The summed E-state index contributed by atoms with van der Waals surface area (Å²) in [5.41, 5.74) is 1.18. The fourth-order valence-corrected chi connectivity index (χ4v) is 2.17. The fourth-order valence-electron chi connectivity index (χ4n) is 2.17. The lowest BCUT2D eigenvalue weighted by Crippen LogP contribution is -2.18. The summed E-state index contributed by atoms with van der Waals surface area (Å²) in [6, 6.07) is 7.99. The van der Waals surface area contributed by atoms with Crippen LogP contribution in [0.2, 0.25) is 0 Å². The Morgan fingerprint density at radius 3 is 3.15 bits per heavy atom. The second-order valence-electron chi connectivity index (χ2n) is 4.63. The molecule has 0 spiro atoms. The van der Waals surface area contributed by atoms with Gasteiger partial charge in [0.25, 0.3) is 0 Å². The van der Waals surface area contributed by atoms with Crippen LogP contribution in [0.5, 0.6) is 5.75 Å². The normalized spacial score (nSPS) is 16.9. The van der Waals surface area contributed by atoms with Gasteiger partial charge < -0.3 is 19.3 Å². The third-order valence-corrected chi connectivity index (χ3v) is 3.18. The largest absolute Gasteiger partial charge is 0.482 e. The second kappa shape index (κ2) is 6.02. The van der Waals surface area contributed by atoms with E-state index in [1.165, 1.54) is 5.56 Å². The van der Waals surface area contributed by atoms with Crippen molar-refractivity contribution in [3.05, 3.63) is 41.5 Å². The van der Waals surface area contributed by atoms with Crippen molar-refractivity contribution in [2.24, 2.45) is 0 Å². The number of methoxy groups -OCH3 is 1. The van der Waals surface area contributed by atoms with Gasteiger partial charge in [-0.05, 0) is 11.6 Å². The molecular weight excluding hydrogens is 258 g/mol. The fraction of sp³-hybridized carbons (Fsp3) is 0.429. The van der Waals surface area contributed by atoms with Crippen molar-refractivity contribution in [3.63, 3.8) is 0 Å². The van der Waals surface area contributed by atoms with Crippen molar-refractivity contribution >= 4 is 0 Å². The number of ether oxygens (including phenoxy) is 2. The van der Waals surface area contributed by atoms with E-state index < -0.39 is 0 Å². The third kappa shape index (κ3) is 2.81. The Hall–Kier alpha value is -1.92. The lowest BCUT2D eigenvalue weighted by molar-refractivity contribution is 0.197. The predicted molar refractivity (Wildman–Crippen MR) is 71.4 cm³/mol. The van der Waals surface area contributed by atoms with Crippen molar-refractivity contribution in [2.75, 3.05) is 20.3 Å². The molecule has 2 heterocycles. The first kappa shape index (κ1) is 13.1. The first-order chi connectivity index (χ1) is 9.86. The lowest BCUT2D eigenvalue weighted by atomic mass is 10.1. The summed E-state index contributed by atoms with van der Waals surface area (Å²) in [6.07, 6.45) is 0.635. The number of rotatable bonds is 6. The van der Waals surface area contributed by atoms with E-state index in [-0.39, 0.29) is 6.10 Å². The first-order valence-electron chi connectivity index (χ1n) is 6.63. The van der Waals surface area contributed by atoms with Crippen LogP contribution < -0.4 is 10.1 Å². The highest BCUT2D eigenvalue weighted by molar-refractivity contribution is 5.37. The molecule has 106 valence electrons. The zero-order chi connectivity index (χ0) is 13.8. The van der Waals surface area contributed by atoms with E-state index in [4.69, 9.17) is 14.0 Å². The van der Waals surface area contributed by atoms with E-state index in [0.717, 1.165) is 18.7 Å². The number of benzene rings is 1. The van der Waals surface area contributed by atoms with E-state index in [0.29, 0.717) is 24.9 Å². The highest BCUT2D eigenvalue weighted by Gasteiger charge is 2.28. The molecule has 0 saturated carbocycles. The third-order valence-electron chi connectivity index (χ3n) is 3.18. The molecule has 0 amide bonds. The van der Waals surface area contributed by atoms with Crippen LogP contribution in [0.3, 0.4) is 0 Å². The number of nitrogens with zero attached hydrogens (tertiary/aromatic N) is 2. The monoisotopic (exact) mass is 275 g/mol. The molecule has 1 aliphatic heterocycles. The second-order valence-corrected chi connectivity index (χ2v) is 4.63. The van der Waals surface area contributed by atoms with Crippen LogP contribution in [-0.2, 0) is 17.7 Å². The minimum Gasteiger partial charge on any atom is -0.482 e. The number of para-hydroxylation sites is 1. The molecule has 0 aliphatic carbocycles. The smallest absolute Gasteiger partial charge is 0.240 e.